The molecule has 0 unspecified atom stereocenters. The quantitative estimate of drug-likeness (QED) is 0.379. The molecule has 1 aromatic carbocycles. The van der Waals surface area contributed by atoms with Gasteiger partial charge in [0.2, 0.25) is 0 Å². The van der Waals surface area contributed by atoms with Crippen LogP contribution in [0.4, 0.5) is 11.4 Å². The highest BCUT2D eigenvalue weighted by Crippen LogP contribution is 2.24. The van der Waals surface area contributed by atoms with Crippen molar-refractivity contribution in [3.05, 3.63) is 21.3 Å². The Morgan fingerprint density at radius 3 is 2.54 bits per heavy atom. The van der Waals surface area contributed by atoms with Crippen LogP contribution < -0.4 is 11.5 Å². The molecular formula is C8H8ClIN2O. The van der Waals surface area contributed by atoms with Gasteiger partial charge >= 0.3 is 0 Å². The molecule has 0 fully saturated rings. The molecule has 0 heterocycles. The van der Waals surface area contributed by atoms with Gasteiger partial charge in [-0.3, -0.25) is 4.79 Å². The summed E-state index contributed by atoms with van der Waals surface area (Å²) in [5, 5.41) is 0. The number of hydrogen-bond donors (Lipinski definition) is 2. The van der Waals surface area contributed by atoms with Crippen molar-refractivity contribution in [3.63, 3.8) is 0 Å². The monoisotopic (exact) mass is 310 g/mol. The second-order valence-corrected chi connectivity index (χ2v) is 3.95. The molecule has 0 bridgehead atoms. The van der Waals surface area contributed by atoms with Gasteiger partial charge in [-0.05, 0) is 34.7 Å². The summed E-state index contributed by atoms with van der Waals surface area (Å²) >= 11 is 7.43. The van der Waals surface area contributed by atoms with Crippen molar-refractivity contribution in [1.29, 1.82) is 0 Å². The highest BCUT2D eigenvalue weighted by atomic mass is 127. The van der Waals surface area contributed by atoms with E-state index in [0.717, 1.165) is 3.57 Å². The Bertz CT molecular complexity index is 331. The molecule has 0 atom stereocenters. The second kappa shape index (κ2) is 4.15. The van der Waals surface area contributed by atoms with Crippen molar-refractivity contribution in [1.82, 2.24) is 0 Å². The van der Waals surface area contributed by atoms with Gasteiger partial charge in [0, 0.05) is 9.13 Å². The Morgan fingerprint density at radius 2 is 2.08 bits per heavy atom. The van der Waals surface area contributed by atoms with Crippen LogP contribution in [-0.4, -0.2) is 11.7 Å². The van der Waals surface area contributed by atoms with Crippen molar-refractivity contribution < 1.29 is 4.79 Å². The topological polar surface area (TPSA) is 69.1 Å². The van der Waals surface area contributed by atoms with Crippen molar-refractivity contribution in [2.45, 2.75) is 0 Å². The zero-order valence-electron chi connectivity index (χ0n) is 6.68. The molecule has 0 aromatic heterocycles. The Labute approximate surface area is 94.6 Å². The number of benzene rings is 1. The van der Waals surface area contributed by atoms with Crippen LogP contribution in [-0.2, 0) is 0 Å². The zero-order chi connectivity index (χ0) is 10.0. The lowest BCUT2D eigenvalue weighted by Gasteiger charge is -2.05. The number of nitrogens with two attached hydrogens (primary N) is 2. The molecule has 13 heavy (non-hydrogen) atoms. The molecule has 0 amide bonds. The maximum absolute atomic E-state index is 11.2. The maximum Gasteiger partial charge on any atom is 0.177 e. The van der Waals surface area contributed by atoms with E-state index in [1.54, 1.807) is 12.1 Å². The Hall–Kier alpha value is -0.490. The summed E-state index contributed by atoms with van der Waals surface area (Å²) in [7, 11) is 0. The van der Waals surface area contributed by atoms with Gasteiger partial charge in [0.15, 0.2) is 5.78 Å². The first-order chi connectivity index (χ1) is 6.06. The minimum absolute atomic E-state index is 0.0422. The highest BCUT2D eigenvalue weighted by Gasteiger charge is 2.08. The van der Waals surface area contributed by atoms with Crippen LogP contribution in [0.1, 0.15) is 10.4 Å². The summed E-state index contributed by atoms with van der Waals surface area (Å²) in [5.41, 5.74) is 12.6. The Morgan fingerprint density at radius 1 is 1.46 bits per heavy atom. The van der Waals surface area contributed by atoms with Gasteiger partial charge < -0.3 is 11.5 Å². The third-order valence-electron chi connectivity index (χ3n) is 1.60. The third kappa shape index (κ3) is 2.25. The van der Waals surface area contributed by atoms with Crippen LogP contribution in [0.15, 0.2) is 12.1 Å². The predicted octanol–water partition coefficient (Wildman–Crippen LogP) is 1.88. The van der Waals surface area contributed by atoms with Gasteiger partial charge in [-0.2, -0.15) is 0 Å². The van der Waals surface area contributed by atoms with E-state index >= 15 is 0 Å². The van der Waals surface area contributed by atoms with E-state index in [2.05, 4.69) is 0 Å². The second-order valence-electron chi connectivity index (χ2n) is 2.52. The molecule has 0 spiro atoms. The van der Waals surface area contributed by atoms with Gasteiger partial charge in [0.05, 0.1) is 17.3 Å². The normalized spacial score (nSPS) is 10.0. The standard InChI is InChI=1S/C8H8ClIN2O/c9-3-7(13)4-1-5(10)8(12)6(11)2-4/h1-2H,3,11-12H2. The molecule has 70 valence electrons. The summed E-state index contributed by atoms with van der Waals surface area (Å²) < 4.78 is 0.770. The average molecular weight is 311 g/mol. The smallest absolute Gasteiger partial charge is 0.177 e. The first-order valence-corrected chi connectivity index (χ1v) is 5.11. The van der Waals surface area contributed by atoms with Crippen LogP contribution in [0.3, 0.4) is 0 Å². The minimum atomic E-state index is -0.147. The van der Waals surface area contributed by atoms with Gasteiger partial charge in [0.1, 0.15) is 0 Å². The fourth-order valence-electron chi connectivity index (χ4n) is 0.877. The van der Waals surface area contributed by atoms with Crippen molar-refractivity contribution in [2.24, 2.45) is 0 Å². The molecule has 0 aliphatic carbocycles. The number of anilines is 2. The summed E-state index contributed by atoms with van der Waals surface area (Å²) in [6.45, 7) is 0. The minimum Gasteiger partial charge on any atom is -0.397 e. The number of carbonyl (C=O) groups excluding carboxylic acids is 1. The predicted molar refractivity (Wildman–Crippen MR) is 63.0 cm³/mol. The zero-order valence-corrected chi connectivity index (χ0v) is 9.59. The number of alkyl halides is 1. The van der Waals surface area contributed by atoms with E-state index in [-0.39, 0.29) is 11.7 Å². The van der Waals surface area contributed by atoms with Crippen LogP contribution in [0.2, 0.25) is 0 Å². The van der Waals surface area contributed by atoms with Crippen LogP contribution in [0.5, 0.6) is 0 Å². The number of nitrogen functional groups attached to an aromatic ring is 2. The lowest BCUT2D eigenvalue weighted by atomic mass is 10.1. The average Bonchev–Trinajstić information content (AvgIpc) is 2.12. The molecule has 0 aliphatic rings. The van der Waals surface area contributed by atoms with Crippen molar-refractivity contribution in [3.8, 4) is 0 Å². The van der Waals surface area contributed by atoms with E-state index in [1.807, 2.05) is 22.6 Å². The summed E-state index contributed by atoms with van der Waals surface area (Å²) in [6, 6.07) is 3.22. The molecule has 0 radical (unpaired) electrons. The lowest BCUT2D eigenvalue weighted by molar-refractivity contribution is 0.102. The number of Topliss-reactive ketones (excluding diaryl/α,β-unsaturated/α-hetero) is 1. The Kier molecular flexibility index (Phi) is 3.38. The largest absolute Gasteiger partial charge is 0.397 e. The van der Waals surface area contributed by atoms with E-state index in [9.17, 15) is 4.79 Å². The fourth-order valence-corrected chi connectivity index (χ4v) is 1.68. The van der Waals surface area contributed by atoms with Crippen molar-refractivity contribution >= 4 is 51.3 Å². The van der Waals surface area contributed by atoms with Gasteiger partial charge in [-0.1, -0.05) is 0 Å². The fraction of sp³-hybridized carbons (Fsp3) is 0.125. The van der Waals surface area contributed by atoms with E-state index in [4.69, 9.17) is 23.1 Å². The number of halogens is 2. The van der Waals surface area contributed by atoms with Crippen molar-refractivity contribution in [2.75, 3.05) is 17.3 Å². The SMILES string of the molecule is Nc1cc(C(=O)CCl)cc(I)c1N. The summed E-state index contributed by atoms with van der Waals surface area (Å²) in [5.74, 6) is -0.189. The maximum atomic E-state index is 11.2. The number of ketones is 1. The first kappa shape index (κ1) is 10.6. The number of carbonyl (C=O) groups is 1. The molecule has 1 aromatic rings. The number of hydrogen-bond acceptors (Lipinski definition) is 3. The third-order valence-corrected chi connectivity index (χ3v) is 2.74. The molecular weight excluding hydrogens is 302 g/mol. The summed E-state index contributed by atoms with van der Waals surface area (Å²) in [6.07, 6.45) is 0. The molecule has 0 saturated carbocycles. The van der Waals surface area contributed by atoms with E-state index in [0.29, 0.717) is 16.9 Å². The summed E-state index contributed by atoms with van der Waals surface area (Å²) in [4.78, 5) is 11.2. The molecule has 0 aliphatic heterocycles. The molecule has 0 saturated heterocycles. The van der Waals surface area contributed by atoms with E-state index in [1.165, 1.54) is 0 Å². The molecule has 5 heteroatoms. The van der Waals surface area contributed by atoms with Crippen LogP contribution in [0.25, 0.3) is 0 Å². The molecule has 1 rings (SSSR count). The lowest BCUT2D eigenvalue weighted by Crippen LogP contribution is -2.05. The number of rotatable bonds is 2. The van der Waals surface area contributed by atoms with Gasteiger partial charge in [0.25, 0.3) is 0 Å². The van der Waals surface area contributed by atoms with Crippen LogP contribution >= 0.6 is 34.2 Å². The van der Waals surface area contributed by atoms with Crippen LogP contribution in [0, 0.1) is 3.57 Å². The van der Waals surface area contributed by atoms with Gasteiger partial charge in [-0.25, -0.2) is 0 Å². The Balaban J connectivity index is 3.20. The molecule has 4 N–H and O–H groups in total. The van der Waals surface area contributed by atoms with Gasteiger partial charge in [-0.15, -0.1) is 11.6 Å². The highest BCUT2D eigenvalue weighted by molar-refractivity contribution is 14.1. The first-order valence-electron chi connectivity index (χ1n) is 3.50. The van der Waals surface area contributed by atoms with E-state index < -0.39 is 0 Å². The molecule has 3 nitrogen and oxygen atoms in total.